The first-order valence-electron chi connectivity index (χ1n) is 6.81. The average molecular weight is 339 g/mol. The third kappa shape index (κ3) is 2.70. The highest BCUT2D eigenvalue weighted by atomic mass is 16.6. The van der Waals surface area contributed by atoms with Gasteiger partial charge in [0.25, 0.3) is 5.56 Å². The molecule has 0 bridgehead atoms. The number of ether oxygens (including phenoxy) is 1. The number of aromatic amines is 1. The highest BCUT2D eigenvalue weighted by Gasteiger charge is 2.44. The summed E-state index contributed by atoms with van der Waals surface area (Å²) in [6, 6.07) is -0.875. The summed E-state index contributed by atoms with van der Waals surface area (Å²) in [5.41, 5.74) is 1.39. The quantitative estimate of drug-likeness (QED) is 0.304. The molecular formula is C11H13N7O6. The fourth-order valence-corrected chi connectivity index (χ4v) is 2.45. The number of nitrogens with one attached hydrogen (secondary N) is 3. The van der Waals surface area contributed by atoms with E-state index in [-0.39, 0.29) is 17.7 Å². The molecule has 2 aromatic rings. The molecule has 13 nitrogen and oxygen atoms in total. The standard InChI is InChI=1S/C11H13N7O6/c19-6-4(1-12-11(22)16-17-23)24-10(7(6)20)18-3-15-5-8(18)13-2-14-9(5)21/h2-4,6-7,10,19-20H,1H2,(H,13,14,21)(H2,12,16,22,23)/t4-,6-,7-,10?/m1/s1. The van der Waals surface area contributed by atoms with Crippen LogP contribution in [0.3, 0.4) is 0 Å². The van der Waals surface area contributed by atoms with Gasteiger partial charge in [0.1, 0.15) is 18.3 Å². The smallest absolute Gasteiger partial charge is 0.337 e. The predicted molar refractivity (Wildman–Crippen MR) is 76.4 cm³/mol. The fourth-order valence-electron chi connectivity index (χ4n) is 2.45. The van der Waals surface area contributed by atoms with Gasteiger partial charge < -0.3 is 25.3 Å². The number of imidazole rings is 1. The molecule has 5 N–H and O–H groups in total. The van der Waals surface area contributed by atoms with Crippen molar-refractivity contribution in [1.29, 1.82) is 0 Å². The van der Waals surface area contributed by atoms with Crippen LogP contribution < -0.4 is 16.3 Å². The molecule has 1 unspecified atom stereocenters. The Labute approximate surface area is 132 Å². The zero-order valence-corrected chi connectivity index (χ0v) is 12.0. The lowest BCUT2D eigenvalue weighted by Gasteiger charge is -2.16. The van der Waals surface area contributed by atoms with Crippen LogP contribution in [0.15, 0.2) is 22.7 Å². The van der Waals surface area contributed by atoms with E-state index in [2.05, 4.69) is 25.6 Å². The van der Waals surface area contributed by atoms with Crippen molar-refractivity contribution >= 4 is 17.2 Å². The number of hydrogen-bond donors (Lipinski definition) is 5. The Morgan fingerprint density at radius 1 is 1.42 bits per heavy atom. The van der Waals surface area contributed by atoms with Crippen LogP contribution >= 0.6 is 0 Å². The van der Waals surface area contributed by atoms with Crippen LogP contribution in [0.2, 0.25) is 0 Å². The summed E-state index contributed by atoms with van der Waals surface area (Å²) >= 11 is 0. The largest absolute Gasteiger partial charge is 0.387 e. The van der Waals surface area contributed by atoms with Crippen molar-refractivity contribution in [3.63, 3.8) is 0 Å². The van der Waals surface area contributed by atoms with E-state index in [4.69, 9.17) is 4.74 Å². The summed E-state index contributed by atoms with van der Waals surface area (Å²) in [4.78, 5) is 42.9. The maximum Gasteiger partial charge on any atom is 0.337 e. The summed E-state index contributed by atoms with van der Waals surface area (Å²) in [6.07, 6.45) is -2.25. The van der Waals surface area contributed by atoms with Gasteiger partial charge in [-0.3, -0.25) is 9.36 Å². The summed E-state index contributed by atoms with van der Waals surface area (Å²) in [5.74, 6) is 0. The first kappa shape index (κ1) is 16.0. The van der Waals surface area contributed by atoms with Gasteiger partial charge in [-0.05, 0) is 0 Å². The molecule has 2 aromatic heterocycles. The number of carbonyl (C=O) groups is 1. The summed E-state index contributed by atoms with van der Waals surface area (Å²) in [5, 5.41) is 24.7. The van der Waals surface area contributed by atoms with E-state index < -0.39 is 36.1 Å². The molecule has 1 fully saturated rings. The molecule has 3 rings (SSSR count). The fraction of sp³-hybridized carbons (Fsp3) is 0.455. The molecule has 128 valence electrons. The molecule has 1 aliphatic heterocycles. The Morgan fingerprint density at radius 3 is 2.96 bits per heavy atom. The molecule has 0 radical (unpaired) electrons. The van der Waals surface area contributed by atoms with E-state index in [1.807, 2.05) is 0 Å². The van der Waals surface area contributed by atoms with Gasteiger partial charge in [0.15, 0.2) is 17.4 Å². The number of H-pyrrole nitrogens is 1. The molecular weight excluding hydrogens is 326 g/mol. The highest BCUT2D eigenvalue weighted by Crippen LogP contribution is 2.30. The van der Waals surface area contributed by atoms with Crippen LogP contribution in [-0.4, -0.2) is 60.6 Å². The first-order chi connectivity index (χ1) is 11.5. The second-order valence-electron chi connectivity index (χ2n) is 5.02. The lowest BCUT2D eigenvalue weighted by molar-refractivity contribution is -0.0335. The molecule has 4 atom stereocenters. The number of aliphatic hydroxyl groups excluding tert-OH is 2. The normalized spacial score (nSPS) is 26.4. The van der Waals surface area contributed by atoms with Gasteiger partial charge in [0.05, 0.1) is 17.9 Å². The van der Waals surface area contributed by atoms with Gasteiger partial charge in [-0.1, -0.05) is 0 Å². The number of hydrogen-bond acceptors (Lipinski definition) is 9. The number of carbonyl (C=O) groups excluding carboxylic acids is 1. The molecule has 0 saturated carbocycles. The Balaban J connectivity index is 1.79. The Kier molecular flexibility index (Phi) is 4.20. The number of fused-ring (bicyclic) bond motifs is 1. The number of aromatic nitrogens is 4. The van der Waals surface area contributed by atoms with Gasteiger partial charge in [-0.25, -0.2) is 14.8 Å². The van der Waals surface area contributed by atoms with Crippen LogP contribution in [0.1, 0.15) is 6.23 Å². The molecule has 3 heterocycles. The zero-order chi connectivity index (χ0) is 17.3. The van der Waals surface area contributed by atoms with Crippen LogP contribution in [0.5, 0.6) is 0 Å². The van der Waals surface area contributed by atoms with Gasteiger partial charge in [-0.15, -0.1) is 4.91 Å². The topological polar surface area (TPSA) is 184 Å². The minimum atomic E-state index is -1.34. The van der Waals surface area contributed by atoms with Crippen molar-refractivity contribution < 1.29 is 19.7 Å². The minimum Gasteiger partial charge on any atom is -0.387 e. The lowest BCUT2D eigenvalue weighted by Crippen LogP contribution is -2.42. The number of amides is 2. The second kappa shape index (κ2) is 6.31. The van der Waals surface area contributed by atoms with E-state index in [1.54, 1.807) is 5.43 Å². The molecule has 0 aliphatic carbocycles. The maximum absolute atomic E-state index is 11.6. The molecule has 2 amide bonds. The van der Waals surface area contributed by atoms with Crippen LogP contribution in [0.25, 0.3) is 11.2 Å². The van der Waals surface area contributed by atoms with Crippen LogP contribution in [0, 0.1) is 4.91 Å². The average Bonchev–Trinajstić information content (AvgIpc) is 3.10. The van der Waals surface area contributed by atoms with E-state index in [0.717, 1.165) is 0 Å². The molecule has 1 aliphatic rings. The number of rotatable bonds is 4. The van der Waals surface area contributed by atoms with E-state index in [0.29, 0.717) is 0 Å². The van der Waals surface area contributed by atoms with Crippen molar-refractivity contribution in [2.24, 2.45) is 5.29 Å². The summed E-state index contributed by atoms with van der Waals surface area (Å²) in [7, 11) is 0. The van der Waals surface area contributed by atoms with Gasteiger partial charge in [-0.2, -0.15) is 5.43 Å². The van der Waals surface area contributed by atoms with Crippen LogP contribution in [0.4, 0.5) is 4.79 Å². The van der Waals surface area contributed by atoms with E-state index in [9.17, 15) is 24.7 Å². The maximum atomic E-state index is 11.6. The van der Waals surface area contributed by atoms with Gasteiger partial charge in [0.2, 0.25) is 0 Å². The Bertz CT molecular complexity index is 819. The summed E-state index contributed by atoms with van der Waals surface area (Å²) in [6.45, 7) is -0.184. The van der Waals surface area contributed by atoms with E-state index >= 15 is 0 Å². The van der Waals surface area contributed by atoms with Crippen molar-refractivity contribution in [3.05, 3.63) is 27.9 Å². The third-order valence-electron chi connectivity index (χ3n) is 3.59. The molecule has 24 heavy (non-hydrogen) atoms. The van der Waals surface area contributed by atoms with Crippen molar-refractivity contribution in [2.75, 3.05) is 6.54 Å². The number of nitroso groups, excluding NO2 is 1. The monoisotopic (exact) mass is 339 g/mol. The van der Waals surface area contributed by atoms with Crippen molar-refractivity contribution in [1.82, 2.24) is 30.3 Å². The third-order valence-corrected chi connectivity index (χ3v) is 3.59. The van der Waals surface area contributed by atoms with Gasteiger partial charge in [0, 0.05) is 6.54 Å². The van der Waals surface area contributed by atoms with Crippen LogP contribution in [-0.2, 0) is 4.74 Å². The second-order valence-corrected chi connectivity index (χ2v) is 5.02. The predicted octanol–water partition coefficient (Wildman–Crippen LogP) is -2.28. The first-order valence-corrected chi connectivity index (χ1v) is 6.81. The highest BCUT2D eigenvalue weighted by molar-refractivity contribution is 5.73. The van der Waals surface area contributed by atoms with Crippen molar-refractivity contribution in [2.45, 2.75) is 24.5 Å². The lowest BCUT2D eigenvalue weighted by atomic mass is 10.1. The molecule has 0 spiro atoms. The van der Waals surface area contributed by atoms with Gasteiger partial charge >= 0.3 is 6.03 Å². The number of nitrogens with zero attached hydrogens (tertiary/aromatic N) is 4. The van der Waals surface area contributed by atoms with E-state index in [1.165, 1.54) is 17.2 Å². The zero-order valence-electron chi connectivity index (χ0n) is 12.0. The molecule has 1 saturated heterocycles. The Morgan fingerprint density at radius 2 is 2.21 bits per heavy atom. The minimum absolute atomic E-state index is 0.0563. The molecule has 0 aromatic carbocycles. The van der Waals surface area contributed by atoms with Crippen molar-refractivity contribution in [3.8, 4) is 0 Å². The Hall–Kier alpha value is -2.90. The number of urea groups is 1. The molecule has 13 heteroatoms. The SMILES string of the molecule is O=NNC(=O)NC[C@H]1OC(n2cnc3c(=O)[nH]cnc32)[C@H](O)[C@@H]1O. The number of aliphatic hydroxyl groups is 2. The summed E-state index contributed by atoms with van der Waals surface area (Å²) < 4.78 is 6.84.